The van der Waals surface area contributed by atoms with Gasteiger partial charge in [-0.3, -0.25) is 9.59 Å². The molecule has 5 heteroatoms. The summed E-state index contributed by atoms with van der Waals surface area (Å²) in [5.74, 6) is -0.670. The second kappa shape index (κ2) is 4.86. The molecule has 3 rings (SSSR count). The number of carbonyl (C=O) groups is 1. The molecule has 1 amide bonds. The summed E-state index contributed by atoms with van der Waals surface area (Å²) in [4.78, 5) is 30.0. The largest absolute Gasteiger partial charge is 0.364 e. The highest BCUT2D eigenvalue weighted by atomic mass is 16.1. The van der Waals surface area contributed by atoms with E-state index in [-0.39, 0.29) is 11.2 Å². The van der Waals surface area contributed by atoms with Crippen molar-refractivity contribution >= 4 is 16.8 Å². The first kappa shape index (κ1) is 13.1. The minimum Gasteiger partial charge on any atom is -0.364 e. The van der Waals surface area contributed by atoms with E-state index in [0.29, 0.717) is 11.1 Å². The lowest BCUT2D eigenvalue weighted by atomic mass is 10.1. The van der Waals surface area contributed by atoms with Crippen molar-refractivity contribution in [2.45, 2.75) is 6.92 Å². The van der Waals surface area contributed by atoms with Gasteiger partial charge < -0.3 is 10.7 Å². The van der Waals surface area contributed by atoms with Gasteiger partial charge in [-0.15, -0.1) is 0 Å². The Labute approximate surface area is 120 Å². The van der Waals surface area contributed by atoms with Crippen molar-refractivity contribution in [1.82, 2.24) is 9.97 Å². The molecule has 0 fully saturated rings. The second-order valence-electron chi connectivity index (χ2n) is 4.88. The number of pyridine rings is 2. The number of aromatic amines is 1. The summed E-state index contributed by atoms with van der Waals surface area (Å²) in [7, 11) is 0. The van der Waals surface area contributed by atoms with E-state index in [2.05, 4.69) is 9.97 Å². The van der Waals surface area contributed by atoms with Gasteiger partial charge in [-0.25, -0.2) is 4.98 Å². The molecule has 0 aliphatic carbocycles. The molecule has 2 heterocycles. The Morgan fingerprint density at radius 3 is 2.52 bits per heavy atom. The van der Waals surface area contributed by atoms with Gasteiger partial charge in [0.25, 0.3) is 11.5 Å². The van der Waals surface area contributed by atoms with Crippen LogP contribution in [0.1, 0.15) is 16.1 Å². The number of H-pyrrole nitrogens is 1. The lowest BCUT2D eigenvalue weighted by Crippen LogP contribution is -2.19. The average molecular weight is 279 g/mol. The fraction of sp³-hybridized carbons (Fsp3) is 0.0625. The number of carbonyl (C=O) groups excluding carboxylic acids is 1. The topological polar surface area (TPSA) is 88.8 Å². The quantitative estimate of drug-likeness (QED) is 0.751. The normalized spacial score (nSPS) is 10.7. The van der Waals surface area contributed by atoms with Gasteiger partial charge >= 0.3 is 0 Å². The Balaban J connectivity index is 2.19. The molecule has 0 radical (unpaired) electrons. The van der Waals surface area contributed by atoms with Crippen molar-refractivity contribution < 1.29 is 4.79 Å². The maximum Gasteiger partial charge on any atom is 0.275 e. The van der Waals surface area contributed by atoms with Gasteiger partial charge in [0.15, 0.2) is 0 Å². The molecule has 3 N–H and O–H groups in total. The van der Waals surface area contributed by atoms with Crippen LogP contribution in [0.5, 0.6) is 0 Å². The van der Waals surface area contributed by atoms with Gasteiger partial charge in [-0.2, -0.15) is 0 Å². The molecule has 0 aliphatic rings. The number of aryl methyl sites for hydroxylation is 1. The molecule has 0 bridgehead atoms. The van der Waals surface area contributed by atoms with Gasteiger partial charge in [-0.05, 0) is 19.1 Å². The number of hydrogen-bond acceptors (Lipinski definition) is 3. The molecule has 5 nitrogen and oxygen atoms in total. The SMILES string of the molecule is Cc1ccc(-c2ccc3cc(C(N)=O)[nH]c(=O)c3n2)cc1. The van der Waals surface area contributed by atoms with Crippen LogP contribution in [-0.2, 0) is 0 Å². The number of primary amides is 1. The van der Waals surface area contributed by atoms with Gasteiger partial charge in [0.2, 0.25) is 0 Å². The molecule has 0 saturated heterocycles. The highest BCUT2D eigenvalue weighted by Gasteiger charge is 2.08. The van der Waals surface area contributed by atoms with E-state index in [0.717, 1.165) is 11.1 Å². The molecule has 2 aromatic heterocycles. The van der Waals surface area contributed by atoms with E-state index in [1.807, 2.05) is 37.3 Å². The molecule has 21 heavy (non-hydrogen) atoms. The lowest BCUT2D eigenvalue weighted by Gasteiger charge is -2.04. The molecule has 0 atom stereocenters. The van der Waals surface area contributed by atoms with Crippen molar-refractivity contribution in [2.24, 2.45) is 5.73 Å². The number of hydrogen-bond donors (Lipinski definition) is 2. The smallest absolute Gasteiger partial charge is 0.275 e. The van der Waals surface area contributed by atoms with Crippen molar-refractivity contribution in [3.8, 4) is 11.3 Å². The summed E-state index contributed by atoms with van der Waals surface area (Å²) in [5.41, 5.74) is 7.92. The monoisotopic (exact) mass is 279 g/mol. The number of nitrogens with two attached hydrogens (primary N) is 1. The third kappa shape index (κ3) is 2.41. The standard InChI is InChI=1S/C16H13N3O2/c1-9-2-4-10(5-3-9)12-7-6-11-8-13(15(17)20)19-16(21)14(11)18-12/h2-8H,1H3,(H2,17,20)(H,19,21). The van der Waals surface area contributed by atoms with Gasteiger partial charge in [-0.1, -0.05) is 35.9 Å². The van der Waals surface area contributed by atoms with Gasteiger partial charge in [0.1, 0.15) is 11.2 Å². The molecular formula is C16H13N3O2. The predicted octanol–water partition coefficient (Wildman–Crippen LogP) is 2.00. The second-order valence-corrected chi connectivity index (χ2v) is 4.88. The molecule has 104 valence electrons. The average Bonchev–Trinajstić information content (AvgIpc) is 2.47. The maximum atomic E-state index is 12.0. The summed E-state index contributed by atoms with van der Waals surface area (Å²) in [6, 6.07) is 13.0. The molecular weight excluding hydrogens is 266 g/mol. The van der Waals surface area contributed by atoms with Crippen LogP contribution in [0.3, 0.4) is 0 Å². The molecule has 0 aliphatic heterocycles. The first-order valence-corrected chi connectivity index (χ1v) is 6.45. The lowest BCUT2D eigenvalue weighted by molar-refractivity contribution is 0.0995. The van der Waals surface area contributed by atoms with Crippen LogP contribution >= 0.6 is 0 Å². The predicted molar refractivity (Wildman–Crippen MR) is 81.1 cm³/mol. The van der Waals surface area contributed by atoms with Crippen LogP contribution in [0.4, 0.5) is 0 Å². The zero-order valence-electron chi connectivity index (χ0n) is 11.4. The number of benzene rings is 1. The molecule has 0 unspecified atom stereocenters. The van der Waals surface area contributed by atoms with Crippen LogP contribution in [0, 0.1) is 6.92 Å². The summed E-state index contributed by atoms with van der Waals surface area (Å²) in [5, 5.41) is 0.586. The number of rotatable bonds is 2. The minimum atomic E-state index is -0.670. The highest BCUT2D eigenvalue weighted by Crippen LogP contribution is 2.20. The van der Waals surface area contributed by atoms with E-state index in [1.165, 1.54) is 6.07 Å². The Morgan fingerprint density at radius 2 is 1.86 bits per heavy atom. The van der Waals surface area contributed by atoms with E-state index in [1.54, 1.807) is 6.07 Å². The molecule has 0 spiro atoms. The molecule has 0 saturated carbocycles. The number of aromatic nitrogens is 2. The fourth-order valence-electron chi connectivity index (χ4n) is 2.16. The Morgan fingerprint density at radius 1 is 1.14 bits per heavy atom. The number of amides is 1. The van der Waals surface area contributed by atoms with Crippen LogP contribution < -0.4 is 11.3 Å². The van der Waals surface area contributed by atoms with E-state index in [9.17, 15) is 9.59 Å². The zero-order chi connectivity index (χ0) is 15.0. The molecule has 3 aromatic rings. The summed E-state index contributed by atoms with van der Waals surface area (Å²) >= 11 is 0. The first-order chi connectivity index (χ1) is 10.0. The van der Waals surface area contributed by atoms with Crippen molar-refractivity contribution in [3.63, 3.8) is 0 Å². The van der Waals surface area contributed by atoms with Crippen LogP contribution in [-0.4, -0.2) is 15.9 Å². The number of fused-ring (bicyclic) bond motifs is 1. The van der Waals surface area contributed by atoms with Gasteiger partial charge in [0, 0.05) is 10.9 Å². The van der Waals surface area contributed by atoms with E-state index >= 15 is 0 Å². The number of nitrogens with one attached hydrogen (secondary N) is 1. The molecule has 1 aromatic carbocycles. The highest BCUT2D eigenvalue weighted by molar-refractivity contribution is 5.94. The number of nitrogens with zero attached hydrogens (tertiary/aromatic N) is 1. The minimum absolute atomic E-state index is 0.0809. The third-order valence-electron chi connectivity index (χ3n) is 3.30. The van der Waals surface area contributed by atoms with Crippen LogP contribution in [0.15, 0.2) is 47.3 Å². The van der Waals surface area contributed by atoms with Gasteiger partial charge in [0.05, 0.1) is 5.69 Å². The summed E-state index contributed by atoms with van der Waals surface area (Å²) in [6.07, 6.45) is 0. The Bertz CT molecular complexity index is 896. The zero-order valence-corrected chi connectivity index (χ0v) is 11.4. The van der Waals surface area contributed by atoms with E-state index in [4.69, 9.17) is 5.73 Å². The third-order valence-corrected chi connectivity index (χ3v) is 3.30. The van der Waals surface area contributed by atoms with Crippen LogP contribution in [0.25, 0.3) is 22.2 Å². The summed E-state index contributed by atoms with van der Waals surface area (Å²) < 4.78 is 0. The van der Waals surface area contributed by atoms with Crippen molar-refractivity contribution in [1.29, 1.82) is 0 Å². The van der Waals surface area contributed by atoms with Crippen molar-refractivity contribution in [2.75, 3.05) is 0 Å². The summed E-state index contributed by atoms with van der Waals surface area (Å²) in [6.45, 7) is 2.01. The maximum absolute atomic E-state index is 12.0. The fourth-order valence-corrected chi connectivity index (χ4v) is 2.16. The van der Waals surface area contributed by atoms with E-state index < -0.39 is 11.5 Å². The first-order valence-electron chi connectivity index (χ1n) is 6.45. The van der Waals surface area contributed by atoms with Crippen LogP contribution in [0.2, 0.25) is 0 Å². The van der Waals surface area contributed by atoms with Crippen molar-refractivity contribution in [3.05, 3.63) is 64.1 Å². The Hall–Kier alpha value is -2.95. The Kier molecular flexibility index (Phi) is 3.02.